The predicted molar refractivity (Wildman–Crippen MR) is 107 cm³/mol. The maximum absolute atomic E-state index is 12.0. The zero-order chi connectivity index (χ0) is 18.7. The van der Waals surface area contributed by atoms with E-state index in [1.54, 1.807) is 4.31 Å². The van der Waals surface area contributed by atoms with E-state index in [-0.39, 0.29) is 6.04 Å². The lowest BCUT2D eigenvalue weighted by Crippen LogP contribution is -2.54. The number of benzene rings is 2. The van der Waals surface area contributed by atoms with Crippen LogP contribution in [0.1, 0.15) is 11.1 Å². The summed E-state index contributed by atoms with van der Waals surface area (Å²) in [5, 5.41) is 1.42. The molecule has 0 N–H and O–H groups in total. The van der Waals surface area contributed by atoms with Crippen molar-refractivity contribution < 1.29 is 8.42 Å². The molecule has 0 bridgehead atoms. The van der Waals surface area contributed by atoms with Crippen molar-refractivity contribution in [1.82, 2.24) is 9.21 Å². The molecule has 7 heteroatoms. The Morgan fingerprint density at radius 3 is 2.00 bits per heavy atom. The Kier molecular flexibility index (Phi) is 6.25. The Morgan fingerprint density at radius 1 is 0.923 bits per heavy atom. The van der Waals surface area contributed by atoms with Crippen LogP contribution in [0.4, 0.5) is 0 Å². The van der Waals surface area contributed by atoms with E-state index in [1.165, 1.54) is 11.8 Å². The zero-order valence-corrected chi connectivity index (χ0v) is 16.9. The van der Waals surface area contributed by atoms with E-state index in [0.717, 1.165) is 18.5 Å². The summed E-state index contributed by atoms with van der Waals surface area (Å²) < 4.78 is 25.6. The molecule has 1 fully saturated rings. The smallest absolute Gasteiger partial charge is 0.211 e. The summed E-state index contributed by atoms with van der Waals surface area (Å²) in [7, 11) is -3.19. The van der Waals surface area contributed by atoms with Crippen molar-refractivity contribution in [3.05, 3.63) is 69.7 Å². The van der Waals surface area contributed by atoms with Crippen molar-refractivity contribution in [3.63, 3.8) is 0 Å². The van der Waals surface area contributed by atoms with Crippen LogP contribution in [0, 0.1) is 0 Å². The average Bonchev–Trinajstić information content (AvgIpc) is 2.59. The summed E-state index contributed by atoms with van der Waals surface area (Å²) in [6.07, 6.45) is 2.05. The second-order valence-corrected chi connectivity index (χ2v) is 9.56. The lowest BCUT2D eigenvalue weighted by Gasteiger charge is -2.40. The third kappa shape index (κ3) is 5.21. The van der Waals surface area contributed by atoms with Crippen LogP contribution in [0.25, 0.3) is 0 Å². The maximum Gasteiger partial charge on any atom is 0.211 e. The van der Waals surface area contributed by atoms with Crippen LogP contribution in [0.2, 0.25) is 10.0 Å². The molecule has 3 rings (SSSR count). The van der Waals surface area contributed by atoms with Crippen LogP contribution >= 0.6 is 23.2 Å². The fourth-order valence-electron chi connectivity index (χ4n) is 3.28. The van der Waals surface area contributed by atoms with Crippen molar-refractivity contribution in [2.45, 2.75) is 19.0 Å². The van der Waals surface area contributed by atoms with Gasteiger partial charge in [-0.25, -0.2) is 8.42 Å². The summed E-state index contributed by atoms with van der Waals surface area (Å²) >= 11 is 12.0. The van der Waals surface area contributed by atoms with Crippen molar-refractivity contribution in [1.29, 1.82) is 0 Å². The number of rotatable bonds is 5. The van der Waals surface area contributed by atoms with Crippen LogP contribution < -0.4 is 0 Å². The Bertz CT molecular complexity index is 839. The van der Waals surface area contributed by atoms with Gasteiger partial charge in [0.1, 0.15) is 0 Å². The SMILES string of the molecule is CS(=O)(=O)N1CCN(Cc2ccc(Cl)cc2)C(Cc2ccc(Cl)cc2)C1. The molecular formula is C19H22Cl2N2O2S. The minimum atomic E-state index is -3.19. The Morgan fingerprint density at radius 2 is 1.46 bits per heavy atom. The lowest BCUT2D eigenvalue weighted by molar-refractivity contribution is 0.111. The molecular weight excluding hydrogens is 391 g/mol. The van der Waals surface area contributed by atoms with Gasteiger partial charge in [0.05, 0.1) is 6.26 Å². The van der Waals surface area contributed by atoms with E-state index in [0.29, 0.717) is 29.7 Å². The van der Waals surface area contributed by atoms with Crippen LogP contribution in [0.15, 0.2) is 48.5 Å². The van der Waals surface area contributed by atoms with Crippen LogP contribution in [0.5, 0.6) is 0 Å². The van der Waals surface area contributed by atoms with Gasteiger partial charge in [0, 0.05) is 42.3 Å². The van der Waals surface area contributed by atoms with E-state index >= 15 is 0 Å². The number of sulfonamides is 1. The van der Waals surface area contributed by atoms with E-state index in [1.807, 2.05) is 48.5 Å². The fourth-order valence-corrected chi connectivity index (χ4v) is 4.39. The molecule has 1 unspecified atom stereocenters. The monoisotopic (exact) mass is 412 g/mol. The highest BCUT2D eigenvalue weighted by molar-refractivity contribution is 7.88. The second-order valence-electron chi connectivity index (χ2n) is 6.70. The van der Waals surface area contributed by atoms with Gasteiger partial charge in [0.15, 0.2) is 0 Å². The molecule has 1 atom stereocenters. The number of halogens is 2. The van der Waals surface area contributed by atoms with Gasteiger partial charge in [-0.3, -0.25) is 4.90 Å². The predicted octanol–water partition coefficient (Wildman–Crippen LogP) is 3.68. The molecule has 1 aliphatic rings. The normalized spacial score (nSPS) is 19.6. The summed E-state index contributed by atoms with van der Waals surface area (Å²) in [5.74, 6) is 0. The zero-order valence-electron chi connectivity index (χ0n) is 14.6. The molecule has 2 aromatic rings. The molecule has 0 spiro atoms. The van der Waals surface area contributed by atoms with Gasteiger partial charge in [-0.05, 0) is 41.8 Å². The minimum Gasteiger partial charge on any atom is -0.293 e. The van der Waals surface area contributed by atoms with Crippen LogP contribution in [0.3, 0.4) is 0 Å². The minimum absolute atomic E-state index is 0.107. The Hall–Kier alpha value is -1.11. The Labute approximate surface area is 165 Å². The maximum atomic E-state index is 12.0. The largest absolute Gasteiger partial charge is 0.293 e. The topological polar surface area (TPSA) is 40.6 Å². The molecule has 0 amide bonds. The van der Waals surface area contributed by atoms with Gasteiger partial charge in [0.25, 0.3) is 0 Å². The Balaban J connectivity index is 1.78. The van der Waals surface area contributed by atoms with Crippen molar-refractivity contribution in [2.24, 2.45) is 0 Å². The third-order valence-electron chi connectivity index (χ3n) is 4.72. The first-order chi connectivity index (χ1) is 12.3. The highest BCUT2D eigenvalue weighted by Crippen LogP contribution is 2.21. The number of hydrogen-bond donors (Lipinski definition) is 0. The number of nitrogens with zero attached hydrogens (tertiary/aromatic N) is 2. The molecule has 0 saturated carbocycles. The highest BCUT2D eigenvalue weighted by atomic mass is 35.5. The molecule has 0 radical (unpaired) electrons. The molecule has 0 aromatic heterocycles. The first-order valence-electron chi connectivity index (χ1n) is 8.49. The van der Waals surface area contributed by atoms with E-state index < -0.39 is 10.0 Å². The lowest BCUT2D eigenvalue weighted by atomic mass is 10.0. The van der Waals surface area contributed by atoms with Gasteiger partial charge in [0.2, 0.25) is 10.0 Å². The molecule has 1 saturated heterocycles. The quantitative estimate of drug-likeness (QED) is 0.751. The van der Waals surface area contributed by atoms with Crippen LogP contribution in [-0.4, -0.2) is 49.6 Å². The van der Waals surface area contributed by atoms with E-state index in [9.17, 15) is 8.42 Å². The van der Waals surface area contributed by atoms with Crippen molar-refractivity contribution in [3.8, 4) is 0 Å². The highest BCUT2D eigenvalue weighted by Gasteiger charge is 2.31. The summed E-state index contributed by atoms with van der Waals surface area (Å²) in [4.78, 5) is 2.35. The average molecular weight is 413 g/mol. The summed E-state index contributed by atoms with van der Waals surface area (Å²) in [5.41, 5.74) is 2.32. The summed E-state index contributed by atoms with van der Waals surface area (Å²) in [6, 6.07) is 15.7. The third-order valence-corrected chi connectivity index (χ3v) is 6.49. The van der Waals surface area contributed by atoms with E-state index in [2.05, 4.69) is 4.90 Å². The van der Waals surface area contributed by atoms with Crippen molar-refractivity contribution in [2.75, 3.05) is 25.9 Å². The molecule has 26 heavy (non-hydrogen) atoms. The van der Waals surface area contributed by atoms with Crippen LogP contribution in [-0.2, 0) is 23.0 Å². The standard InChI is InChI=1S/C19H22Cl2N2O2S/c1-26(24,25)23-11-10-22(13-16-4-8-18(21)9-5-16)19(14-23)12-15-2-6-17(20)7-3-15/h2-9,19H,10-14H2,1H3. The van der Waals surface area contributed by atoms with Gasteiger partial charge in [-0.2, -0.15) is 4.31 Å². The molecule has 140 valence electrons. The first kappa shape index (κ1) is 19.6. The van der Waals surface area contributed by atoms with E-state index in [4.69, 9.17) is 23.2 Å². The molecule has 1 aliphatic heterocycles. The molecule has 2 aromatic carbocycles. The molecule has 1 heterocycles. The number of piperazine rings is 1. The first-order valence-corrected chi connectivity index (χ1v) is 11.1. The van der Waals surface area contributed by atoms with Gasteiger partial charge in [-0.1, -0.05) is 47.5 Å². The number of hydrogen-bond acceptors (Lipinski definition) is 3. The van der Waals surface area contributed by atoms with Gasteiger partial charge in [-0.15, -0.1) is 0 Å². The fraction of sp³-hybridized carbons (Fsp3) is 0.368. The van der Waals surface area contributed by atoms with Gasteiger partial charge < -0.3 is 0 Å². The second kappa shape index (κ2) is 8.28. The van der Waals surface area contributed by atoms with Crippen molar-refractivity contribution >= 4 is 33.2 Å². The van der Waals surface area contributed by atoms with Gasteiger partial charge >= 0.3 is 0 Å². The molecule has 0 aliphatic carbocycles. The summed E-state index contributed by atoms with van der Waals surface area (Å²) in [6.45, 7) is 2.49. The molecule has 4 nitrogen and oxygen atoms in total.